The Labute approximate surface area is 128 Å². The zero-order valence-corrected chi connectivity index (χ0v) is 12.5. The number of nitrogens with zero attached hydrogens (tertiary/aromatic N) is 3. The van der Waals surface area contributed by atoms with Crippen molar-refractivity contribution in [1.82, 2.24) is 9.55 Å². The summed E-state index contributed by atoms with van der Waals surface area (Å²) < 4.78 is 1.71. The lowest BCUT2D eigenvalue weighted by molar-refractivity contribution is -0.116. The van der Waals surface area contributed by atoms with E-state index in [1.807, 2.05) is 31.2 Å². The molecule has 108 valence electrons. The van der Waals surface area contributed by atoms with E-state index in [-0.39, 0.29) is 17.7 Å². The minimum absolute atomic E-state index is 0.103. The van der Waals surface area contributed by atoms with Gasteiger partial charge < -0.3 is 9.88 Å². The lowest BCUT2D eigenvalue weighted by Gasteiger charge is -2.13. The molecule has 0 aliphatic rings. The molecule has 2 rings (SSSR count). The molecule has 2 aromatic rings. The lowest BCUT2D eigenvalue weighted by Crippen LogP contribution is -2.18. The normalized spacial score (nSPS) is 11.6. The van der Waals surface area contributed by atoms with Crippen LogP contribution in [-0.2, 0) is 11.3 Å². The van der Waals surface area contributed by atoms with Crippen LogP contribution in [-0.4, -0.2) is 20.7 Å². The van der Waals surface area contributed by atoms with Crippen LogP contribution in [0.3, 0.4) is 0 Å². The van der Waals surface area contributed by atoms with E-state index in [0.717, 1.165) is 10.6 Å². The second-order valence-electron chi connectivity index (χ2n) is 4.57. The van der Waals surface area contributed by atoms with Crippen molar-refractivity contribution in [2.45, 2.75) is 30.0 Å². The highest BCUT2D eigenvalue weighted by Crippen LogP contribution is 2.31. The molecular weight excluding hydrogens is 284 g/mol. The van der Waals surface area contributed by atoms with E-state index >= 15 is 0 Å². The van der Waals surface area contributed by atoms with E-state index < -0.39 is 0 Å². The molecule has 5 nitrogen and oxygen atoms in total. The second kappa shape index (κ2) is 7.50. The number of carbonyl (C=O) groups is 1. The monoisotopic (exact) mass is 300 g/mol. The highest BCUT2D eigenvalue weighted by molar-refractivity contribution is 8.00. The third kappa shape index (κ3) is 4.65. The summed E-state index contributed by atoms with van der Waals surface area (Å²) in [6.45, 7) is 2.23. The number of anilines is 1. The van der Waals surface area contributed by atoms with E-state index in [1.165, 1.54) is 0 Å². The third-order valence-corrected chi connectivity index (χ3v) is 3.93. The Morgan fingerprint density at radius 1 is 1.52 bits per heavy atom. The summed E-state index contributed by atoms with van der Waals surface area (Å²) in [5.74, 6) is -0.103. The van der Waals surface area contributed by atoms with Crippen molar-refractivity contribution in [3.05, 3.63) is 43.0 Å². The smallest absolute Gasteiger partial charge is 0.244 e. The molecular formula is C15H16N4OS. The van der Waals surface area contributed by atoms with Gasteiger partial charge in [-0.3, -0.25) is 4.79 Å². The number of thioether (sulfide) groups is 1. The van der Waals surface area contributed by atoms with Gasteiger partial charge in [0.2, 0.25) is 5.91 Å². The fourth-order valence-electron chi connectivity index (χ4n) is 1.80. The molecule has 0 spiro atoms. The van der Waals surface area contributed by atoms with Crippen LogP contribution < -0.4 is 5.32 Å². The Bertz CT molecular complexity index is 633. The summed E-state index contributed by atoms with van der Waals surface area (Å²) in [7, 11) is 0. The number of benzene rings is 1. The second-order valence-corrected chi connectivity index (χ2v) is 6.05. The van der Waals surface area contributed by atoms with E-state index in [2.05, 4.69) is 16.4 Å². The van der Waals surface area contributed by atoms with Crippen LogP contribution in [0.25, 0.3) is 0 Å². The molecule has 0 bridgehead atoms. The summed E-state index contributed by atoms with van der Waals surface area (Å²) in [5.41, 5.74) is 0.775. The average Bonchev–Trinajstić information content (AvgIpc) is 2.94. The average molecular weight is 300 g/mol. The van der Waals surface area contributed by atoms with Crippen LogP contribution in [0, 0.1) is 11.3 Å². The first-order valence-electron chi connectivity index (χ1n) is 6.57. The summed E-state index contributed by atoms with van der Waals surface area (Å²) in [6.07, 6.45) is 5.47. The largest absolute Gasteiger partial charge is 0.328 e. The molecule has 1 N–H and O–H groups in total. The molecule has 1 amide bonds. The molecule has 0 saturated carbocycles. The van der Waals surface area contributed by atoms with Crippen molar-refractivity contribution in [3.63, 3.8) is 0 Å². The number of aromatic nitrogens is 2. The predicted molar refractivity (Wildman–Crippen MR) is 82.8 cm³/mol. The SMILES string of the molecule is C[C@@H](CC#N)Sc1ccccc1NC(=O)Cn1ccnc1. The fraction of sp³-hybridized carbons (Fsp3) is 0.267. The van der Waals surface area contributed by atoms with E-state index in [0.29, 0.717) is 6.42 Å². The van der Waals surface area contributed by atoms with Gasteiger partial charge in [0.05, 0.1) is 18.1 Å². The fourth-order valence-corrected chi connectivity index (χ4v) is 2.79. The highest BCUT2D eigenvalue weighted by Gasteiger charge is 2.10. The van der Waals surface area contributed by atoms with E-state index in [1.54, 1.807) is 35.0 Å². The molecule has 0 aliphatic carbocycles. The minimum Gasteiger partial charge on any atom is -0.328 e. The van der Waals surface area contributed by atoms with Crippen molar-refractivity contribution in [2.75, 3.05) is 5.32 Å². The molecule has 1 atom stereocenters. The van der Waals surface area contributed by atoms with Crippen molar-refractivity contribution in [1.29, 1.82) is 5.26 Å². The van der Waals surface area contributed by atoms with Crippen molar-refractivity contribution >= 4 is 23.4 Å². The highest BCUT2D eigenvalue weighted by atomic mass is 32.2. The van der Waals surface area contributed by atoms with Crippen LogP contribution in [0.5, 0.6) is 0 Å². The Hall–Kier alpha value is -2.26. The number of imidazole rings is 1. The molecule has 1 heterocycles. The van der Waals surface area contributed by atoms with Gasteiger partial charge in [-0.2, -0.15) is 5.26 Å². The van der Waals surface area contributed by atoms with Gasteiger partial charge in [0.15, 0.2) is 0 Å². The van der Waals surface area contributed by atoms with Crippen molar-refractivity contribution < 1.29 is 4.79 Å². The van der Waals surface area contributed by atoms with Gasteiger partial charge in [-0.15, -0.1) is 11.8 Å². The van der Waals surface area contributed by atoms with Crippen LogP contribution in [0.4, 0.5) is 5.69 Å². The molecule has 1 aromatic heterocycles. The van der Waals surface area contributed by atoms with Gasteiger partial charge in [-0.05, 0) is 12.1 Å². The zero-order valence-electron chi connectivity index (χ0n) is 11.7. The van der Waals surface area contributed by atoms with E-state index in [4.69, 9.17) is 5.26 Å². The van der Waals surface area contributed by atoms with Gasteiger partial charge >= 0.3 is 0 Å². The first-order chi connectivity index (χ1) is 10.2. The molecule has 1 aromatic carbocycles. The minimum atomic E-state index is -0.103. The van der Waals surface area contributed by atoms with E-state index in [9.17, 15) is 4.79 Å². The number of carbonyl (C=O) groups excluding carboxylic acids is 1. The van der Waals surface area contributed by atoms with Gasteiger partial charge in [0, 0.05) is 29.0 Å². The summed E-state index contributed by atoms with van der Waals surface area (Å²) in [6, 6.07) is 9.78. The Morgan fingerprint density at radius 3 is 3.05 bits per heavy atom. The molecule has 0 fully saturated rings. The maximum absolute atomic E-state index is 12.0. The number of hydrogen-bond acceptors (Lipinski definition) is 4. The number of para-hydroxylation sites is 1. The first-order valence-corrected chi connectivity index (χ1v) is 7.45. The summed E-state index contributed by atoms with van der Waals surface area (Å²) in [5, 5.41) is 11.8. The topological polar surface area (TPSA) is 70.7 Å². The maximum Gasteiger partial charge on any atom is 0.244 e. The lowest BCUT2D eigenvalue weighted by atomic mass is 10.3. The number of hydrogen-bond donors (Lipinski definition) is 1. The van der Waals surface area contributed by atoms with Gasteiger partial charge in [0.25, 0.3) is 0 Å². The Balaban J connectivity index is 2.02. The maximum atomic E-state index is 12.0. The first kappa shape index (κ1) is 15.1. The summed E-state index contributed by atoms with van der Waals surface area (Å²) in [4.78, 5) is 16.9. The quantitative estimate of drug-likeness (QED) is 0.833. The Kier molecular flexibility index (Phi) is 5.41. The summed E-state index contributed by atoms with van der Waals surface area (Å²) >= 11 is 1.59. The number of nitrogens with one attached hydrogen (secondary N) is 1. The van der Waals surface area contributed by atoms with Gasteiger partial charge in [-0.25, -0.2) is 4.98 Å². The molecule has 6 heteroatoms. The molecule has 0 unspecified atom stereocenters. The molecule has 0 aliphatic heterocycles. The standard InChI is InChI=1S/C15H16N4OS/c1-12(6-7-16)21-14-5-3-2-4-13(14)18-15(20)10-19-9-8-17-11-19/h2-5,8-9,11-12H,6,10H2,1H3,(H,18,20)/t12-/m0/s1. The zero-order chi connectivity index (χ0) is 15.1. The van der Waals surface area contributed by atoms with Gasteiger partial charge in [0.1, 0.15) is 6.54 Å². The van der Waals surface area contributed by atoms with Crippen molar-refractivity contribution in [2.24, 2.45) is 0 Å². The Morgan fingerprint density at radius 2 is 2.33 bits per heavy atom. The molecule has 21 heavy (non-hydrogen) atoms. The van der Waals surface area contributed by atoms with Crippen LogP contribution >= 0.6 is 11.8 Å². The number of amides is 1. The molecule has 0 saturated heterocycles. The van der Waals surface area contributed by atoms with Gasteiger partial charge in [-0.1, -0.05) is 19.1 Å². The van der Waals surface area contributed by atoms with Crippen LogP contribution in [0.1, 0.15) is 13.3 Å². The number of nitriles is 1. The van der Waals surface area contributed by atoms with Crippen molar-refractivity contribution in [3.8, 4) is 6.07 Å². The third-order valence-electron chi connectivity index (χ3n) is 2.75. The predicted octanol–water partition coefficient (Wildman–Crippen LogP) is 2.92. The number of rotatable bonds is 6. The van der Waals surface area contributed by atoms with Crippen LogP contribution in [0.2, 0.25) is 0 Å². The van der Waals surface area contributed by atoms with Crippen LogP contribution in [0.15, 0.2) is 47.9 Å². The molecule has 0 radical (unpaired) electrons.